The van der Waals surface area contributed by atoms with Gasteiger partial charge in [-0.2, -0.15) is 0 Å². The number of carboxylic acid groups (broad SMARTS) is 1. The van der Waals surface area contributed by atoms with E-state index >= 15 is 0 Å². The van der Waals surface area contributed by atoms with E-state index in [0.717, 1.165) is 25.7 Å². The summed E-state index contributed by atoms with van der Waals surface area (Å²) in [5.41, 5.74) is 0. The molecule has 0 fully saturated rings. The number of allylic oxidation sites excluding steroid dienone is 10. The first-order valence-electron chi connectivity index (χ1n) is 9.16. The van der Waals surface area contributed by atoms with E-state index in [9.17, 15) is 4.79 Å². The summed E-state index contributed by atoms with van der Waals surface area (Å²) in [5.74, 6) is -0.759. The average Bonchev–Trinajstić information content (AvgIpc) is 2.63. The van der Waals surface area contributed by atoms with Gasteiger partial charge >= 0.3 is 5.97 Å². The van der Waals surface area contributed by atoms with Crippen molar-refractivity contribution >= 4 is 5.97 Å². The Bertz CT molecular complexity index is 510. The third kappa shape index (κ3) is 18.2. The Kier molecular flexibility index (Phi) is 17.6. The van der Waals surface area contributed by atoms with Crippen LogP contribution < -0.4 is 0 Å². The molecule has 0 bridgehead atoms. The topological polar surface area (TPSA) is 66.8 Å². The molecule has 0 aliphatic rings. The van der Waals surface area contributed by atoms with Crippen molar-refractivity contribution < 1.29 is 20.0 Å². The van der Waals surface area contributed by atoms with Crippen molar-refractivity contribution in [2.45, 2.75) is 58.0 Å². The Morgan fingerprint density at radius 1 is 0.885 bits per heavy atom. The summed E-state index contributed by atoms with van der Waals surface area (Å²) >= 11 is 0. The number of hydrogen-bond donors (Lipinski definition) is 2. The molecule has 0 aromatic rings. The molecule has 0 aromatic heterocycles. The normalized spacial score (nSPS) is 14.2. The van der Waals surface area contributed by atoms with Gasteiger partial charge in [0.1, 0.15) is 6.10 Å². The lowest BCUT2D eigenvalue weighted by atomic mass is 10.2. The molecular weight excluding hydrogens is 328 g/mol. The number of hydrogen-bond acceptors (Lipinski definition) is 3. The van der Waals surface area contributed by atoms with Crippen molar-refractivity contribution in [3.05, 3.63) is 72.9 Å². The first-order chi connectivity index (χ1) is 12.7. The molecule has 144 valence electrons. The Morgan fingerprint density at radius 3 is 2.08 bits per heavy atom. The summed E-state index contributed by atoms with van der Waals surface area (Å²) in [7, 11) is 0. The molecular formula is C22H32O4. The Labute approximate surface area is 157 Å². The van der Waals surface area contributed by atoms with E-state index in [1.165, 1.54) is 0 Å². The second kappa shape index (κ2) is 19.2. The fourth-order valence-electron chi connectivity index (χ4n) is 1.94. The fourth-order valence-corrected chi connectivity index (χ4v) is 1.94. The molecule has 0 amide bonds. The van der Waals surface area contributed by atoms with Crippen molar-refractivity contribution in [1.29, 1.82) is 0 Å². The number of aliphatic carboxylic acids is 1. The molecule has 1 atom stereocenters. The van der Waals surface area contributed by atoms with Crippen molar-refractivity contribution in [1.82, 2.24) is 0 Å². The maximum atomic E-state index is 10.3. The van der Waals surface area contributed by atoms with Crippen molar-refractivity contribution in [3.63, 3.8) is 0 Å². The molecule has 0 aromatic carbocycles. The monoisotopic (exact) mass is 360 g/mol. The zero-order valence-electron chi connectivity index (χ0n) is 15.7. The summed E-state index contributed by atoms with van der Waals surface area (Å²) in [4.78, 5) is 14.7. The molecule has 0 saturated heterocycles. The molecule has 4 nitrogen and oxygen atoms in total. The minimum Gasteiger partial charge on any atom is -0.481 e. The Hall–Kier alpha value is -2.17. The van der Waals surface area contributed by atoms with Gasteiger partial charge in [-0.15, -0.1) is 0 Å². The van der Waals surface area contributed by atoms with Crippen LogP contribution in [0.1, 0.15) is 51.9 Å². The van der Waals surface area contributed by atoms with E-state index in [-0.39, 0.29) is 12.5 Å². The van der Waals surface area contributed by atoms with Gasteiger partial charge in [0.15, 0.2) is 0 Å². The highest BCUT2D eigenvalue weighted by Crippen LogP contribution is 2.02. The van der Waals surface area contributed by atoms with Gasteiger partial charge in [0.05, 0.1) is 0 Å². The Balaban J connectivity index is 3.77. The molecule has 1 unspecified atom stereocenters. The standard InChI is InChI=1S/C22H32O4/c1-2-3-15-18-21(26-25)19-16-13-11-9-7-5-4-6-8-10-12-14-17-20-22(23)24/h3,5-8,11-16,19,21,25H,2,4,9-10,17-18,20H2,1H3,(H,23,24). The molecule has 0 aliphatic heterocycles. The molecule has 2 N–H and O–H groups in total. The van der Waals surface area contributed by atoms with Gasteiger partial charge in [-0.3, -0.25) is 10.1 Å². The molecule has 0 saturated carbocycles. The van der Waals surface area contributed by atoms with Crippen LogP contribution in [0.3, 0.4) is 0 Å². The van der Waals surface area contributed by atoms with Crippen LogP contribution in [0.15, 0.2) is 72.9 Å². The molecule has 0 aliphatic carbocycles. The molecule has 0 rings (SSSR count). The van der Waals surface area contributed by atoms with E-state index in [2.05, 4.69) is 36.1 Å². The smallest absolute Gasteiger partial charge is 0.303 e. The summed E-state index contributed by atoms with van der Waals surface area (Å²) in [6.45, 7) is 2.06. The van der Waals surface area contributed by atoms with Gasteiger partial charge < -0.3 is 5.11 Å². The van der Waals surface area contributed by atoms with E-state index in [1.54, 1.807) is 0 Å². The highest BCUT2D eigenvalue weighted by Gasteiger charge is 1.99. The van der Waals surface area contributed by atoms with Crippen LogP contribution in [0.25, 0.3) is 0 Å². The predicted molar refractivity (Wildman–Crippen MR) is 108 cm³/mol. The van der Waals surface area contributed by atoms with Crippen LogP contribution in [-0.2, 0) is 9.68 Å². The van der Waals surface area contributed by atoms with Gasteiger partial charge in [0, 0.05) is 6.42 Å². The van der Waals surface area contributed by atoms with Crippen LogP contribution in [0.4, 0.5) is 0 Å². The minimum absolute atomic E-state index is 0.190. The van der Waals surface area contributed by atoms with Gasteiger partial charge in [-0.1, -0.05) is 79.8 Å². The molecule has 0 spiro atoms. The lowest BCUT2D eigenvalue weighted by molar-refractivity contribution is -0.264. The van der Waals surface area contributed by atoms with Crippen LogP contribution in [0.2, 0.25) is 0 Å². The SMILES string of the molecule is CCC=CCC(C=CC=CCC=CCC=CCC=CCCC(=O)O)OO. The van der Waals surface area contributed by atoms with E-state index in [4.69, 9.17) is 10.4 Å². The van der Waals surface area contributed by atoms with E-state index in [1.807, 2.05) is 48.6 Å². The maximum absolute atomic E-state index is 10.3. The lowest BCUT2D eigenvalue weighted by Crippen LogP contribution is -2.04. The van der Waals surface area contributed by atoms with Gasteiger partial charge in [-0.05, 0) is 38.5 Å². The number of carbonyl (C=O) groups is 1. The highest BCUT2D eigenvalue weighted by atomic mass is 17.1. The molecule has 0 radical (unpaired) electrons. The van der Waals surface area contributed by atoms with Crippen molar-refractivity contribution in [2.75, 3.05) is 0 Å². The maximum Gasteiger partial charge on any atom is 0.303 e. The van der Waals surface area contributed by atoms with E-state index in [0.29, 0.717) is 12.8 Å². The van der Waals surface area contributed by atoms with Gasteiger partial charge in [-0.25, -0.2) is 4.89 Å². The lowest BCUT2D eigenvalue weighted by Gasteiger charge is -2.03. The fraction of sp³-hybridized carbons (Fsp3) is 0.409. The van der Waals surface area contributed by atoms with Crippen LogP contribution in [-0.4, -0.2) is 22.4 Å². The van der Waals surface area contributed by atoms with Gasteiger partial charge in [0.2, 0.25) is 0 Å². The average molecular weight is 360 g/mol. The predicted octanol–water partition coefficient (Wildman–Crippen LogP) is 6.02. The zero-order chi connectivity index (χ0) is 19.3. The second-order valence-corrected chi connectivity index (χ2v) is 5.63. The summed E-state index contributed by atoms with van der Waals surface area (Å²) in [6, 6.07) is 0. The summed E-state index contributed by atoms with van der Waals surface area (Å²) < 4.78 is 0. The number of rotatable bonds is 15. The highest BCUT2D eigenvalue weighted by molar-refractivity contribution is 5.66. The van der Waals surface area contributed by atoms with Crippen LogP contribution in [0, 0.1) is 0 Å². The Morgan fingerprint density at radius 2 is 1.50 bits per heavy atom. The molecule has 4 heteroatoms. The van der Waals surface area contributed by atoms with Gasteiger partial charge in [0.25, 0.3) is 0 Å². The third-order valence-electron chi connectivity index (χ3n) is 3.32. The first-order valence-corrected chi connectivity index (χ1v) is 9.16. The van der Waals surface area contributed by atoms with Crippen molar-refractivity contribution in [3.8, 4) is 0 Å². The van der Waals surface area contributed by atoms with Crippen molar-refractivity contribution in [2.24, 2.45) is 0 Å². The van der Waals surface area contributed by atoms with E-state index < -0.39 is 5.97 Å². The quantitative estimate of drug-likeness (QED) is 0.162. The second-order valence-electron chi connectivity index (χ2n) is 5.63. The summed E-state index contributed by atoms with van der Waals surface area (Å²) in [5, 5.41) is 17.3. The summed E-state index contributed by atoms with van der Waals surface area (Å²) in [6.07, 6.45) is 28.7. The number of carboxylic acids is 1. The zero-order valence-corrected chi connectivity index (χ0v) is 15.7. The van der Waals surface area contributed by atoms with Crippen LogP contribution >= 0.6 is 0 Å². The first kappa shape index (κ1) is 23.8. The minimum atomic E-state index is -0.759. The molecule has 0 heterocycles. The molecule has 26 heavy (non-hydrogen) atoms. The van der Waals surface area contributed by atoms with Crippen LogP contribution in [0.5, 0.6) is 0 Å². The largest absolute Gasteiger partial charge is 0.481 e. The third-order valence-corrected chi connectivity index (χ3v) is 3.32.